The maximum atomic E-state index is 14.8. The Hall–Kier alpha value is -1.22. The molecule has 1 aromatic carbocycles. The summed E-state index contributed by atoms with van der Waals surface area (Å²) in [6.45, 7) is 37.1. The van der Waals surface area contributed by atoms with E-state index in [1.54, 1.807) is 0 Å². The van der Waals surface area contributed by atoms with Crippen molar-refractivity contribution in [2.45, 2.75) is 115 Å². The number of allylic oxidation sites excluding steroid dienone is 1. The smallest absolute Gasteiger partial charge is 0 e. The first-order valence-electron chi connectivity index (χ1n) is 13.3. The molecule has 5 nitrogen and oxygen atoms in total. The Morgan fingerprint density at radius 3 is 1.59 bits per heavy atom. The van der Waals surface area contributed by atoms with Crippen LogP contribution < -0.4 is 0 Å². The van der Waals surface area contributed by atoms with Gasteiger partial charge in [-0.15, -0.1) is 0 Å². The molecule has 1 aliphatic rings. The molecule has 0 bridgehead atoms. The Balaban J connectivity index is -0.00000173. The number of ether oxygens (including phenoxy) is 1. The molecule has 0 heterocycles. The number of benzene rings is 1. The topological polar surface area (TPSA) is 86.0 Å². The van der Waals surface area contributed by atoms with Crippen LogP contribution >= 0.6 is 0 Å². The number of methoxy groups -OCH3 is 1. The van der Waals surface area contributed by atoms with Crippen molar-refractivity contribution in [1.29, 1.82) is 0 Å². The van der Waals surface area contributed by atoms with Gasteiger partial charge in [-0.05, 0) is 39.4 Å². The molecular formula is C31H48CrO5Si2. The largest absolute Gasteiger partial charge is 0 e. The van der Waals surface area contributed by atoms with Crippen molar-refractivity contribution in [3.63, 3.8) is 0 Å². The van der Waals surface area contributed by atoms with E-state index in [1.807, 2.05) is 7.11 Å². The summed E-state index contributed by atoms with van der Waals surface area (Å²) < 4.78 is 29.1. The first-order valence-corrected chi connectivity index (χ1v) is 19.2. The molecule has 0 N–H and O–H groups in total. The summed E-state index contributed by atoms with van der Waals surface area (Å²) in [5, 5.41) is 1.22. The van der Waals surface area contributed by atoms with E-state index in [1.165, 1.54) is 16.3 Å². The molecule has 39 heavy (non-hydrogen) atoms. The van der Waals surface area contributed by atoms with E-state index in [0.29, 0.717) is 22.4 Å². The minimum absolute atomic E-state index is 0. The molecule has 0 amide bonds. The quantitative estimate of drug-likeness (QED) is 0.152. The van der Waals surface area contributed by atoms with E-state index in [9.17, 15) is 4.79 Å². The Morgan fingerprint density at radius 2 is 1.28 bits per heavy atom. The van der Waals surface area contributed by atoms with Crippen LogP contribution in [0.1, 0.15) is 73.3 Å². The molecule has 2 atom stereocenters. The fraction of sp³-hybridized carbons (Fsp3) is 0.613. The van der Waals surface area contributed by atoms with Gasteiger partial charge in [0.2, 0.25) is 0 Å². The molecule has 2 rings (SSSR count). The molecule has 0 unspecified atom stereocenters. The minimum atomic E-state index is -2.20. The number of ketones is 1. The number of unbranched alkanes of at least 4 members (excludes halogenated alkanes) is 1. The number of rotatable bonds is 10. The van der Waals surface area contributed by atoms with Gasteiger partial charge in [-0.2, -0.15) is 0 Å². The third-order valence-corrected chi connectivity index (χ3v) is 17.7. The second-order valence-corrected chi connectivity index (χ2v) is 23.0. The third kappa shape index (κ3) is 8.40. The van der Waals surface area contributed by atoms with Crippen LogP contribution in [0.2, 0.25) is 41.8 Å². The Morgan fingerprint density at radius 1 is 0.872 bits per heavy atom. The number of hydrogen-bond donors (Lipinski definition) is 0. The van der Waals surface area contributed by atoms with E-state index in [0.717, 1.165) is 19.3 Å². The zero-order valence-corrected chi connectivity index (χ0v) is 29.0. The number of carbonyl (C=O) groups is 1. The molecule has 0 fully saturated rings. The van der Waals surface area contributed by atoms with E-state index < -0.39 is 21.7 Å². The Labute approximate surface area is 250 Å². The van der Waals surface area contributed by atoms with Crippen molar-refractivity contribution < 1.29 is 40.8 Å². The zero-order chi connectivity index (χ0) is 30.5. The van der Waals surface area contributed by atoms with Gasteiger partial charge >= 0.3 is 33.9 Å². The summed E-state index contributed by atoms with van der Waals surface area (Å²) in [4.78, 5) is 14.8. The number of Topliss-reactive ketones (excluding diaryl/α,β-unsaturated/α-hetero) is 1. The molecule has 0 aromatic heterocycles. The maximum absolute atomic E-state index is 14.8. The third-order valence-electron chi connectivity index (χ3n) is 8.14. The van der Waals surface area contributed by atoms with Crippen LogP contribution in [-0.2, 0) is 40.8 Å². The van der Waals surface area contributed by atoms with Gasteiger partial charge in [-0.3, -0.25) is 4.79 Å². The summed E-state index contributed by atoms with van der Waals surface area (Å²) in [7, 11) is -2.22. The van der Waals surface area contributed by atoms with Gasteiger partial charge < -0.3 is 4.74 Å². The van der Waals surface area contributed by atoms with Gasteiger partial charge in [-0.25, -0.2) is 0 Å². The van der Waals surface area contributed by atoms with Crippen molar-refractivity contribution >= 4 is 27.5 Å². The van der Waals surface area contributed by atoms with Crippen molar-refractivity contribution in [1.82, 2.24) is 0 Å². The van der Waals surface area contributed by atoms with Crippen LogP contribution in [0.4, 0.5) is 0 Å². The molecule has 1 aliphatic carbocycles. The Bertz CT molecular complexity index is 923. The van der Waals surface area contributed by atoms with Crippen molar-refractivity contribution in [3.8, 4) is 0 Å². The van der Waals surface area contributed by atoms with Gasteiger partial charge in [-0.1, -0.05) is 111 Å². The Kier molecular flexibility index (Phi) is 20.6. The fourth-order valence-corrected chi connectivity index (χ4v) is 17.2. The second-order valence-electron chi connectivity index (χ2n) is 11.9. The van der Waals surface area contributed by atoms with Gasteiger partial charge in [0.05, 0.1) is 16.1 Å². The van der Waals surface area contributed by atoms with E-state index in [4.69, 9.17) is 18.7 Å². The standard InChI is InChI=1S/C28H48O2Si2.3CO.Cr/c1-12-13-19-28(30-8)24(23-17-15-14-16-18-23)26(25(29)27(28)31(9,10)11)32(20(2)3,21(4)5)22(6)7;3*1-2;/h14-18,20-22,27H,12-13,19H2,1-11H3;;;;/t27-,28-;;;;/m1..../s1. The van der Waals surface area contributed by atoms with Gasteiger partial charge in [0.1, 0.15) is 5.60 Å². The van der Waals surface area contributed by atoms with Crippen molar-refractivity contribution in [3.05, 3.63) is 61.0 Å². The number of hydrogen-bond acceptors (Lipinski definition) is 2. The fourth-order valence-electron chi connectivity index (χ4n) is 7.25. The molecule has 0 aliphatic heterocycles. The first kappa shape index (κ1) is 42.2. The van der Waals surface area contributed by atoms with E-state index >= 15 is 0 Å². The molecule has 0 radical (unpaired) electrons. The van der Waals surface area contributed by atoms with E-state index in [-0.39, 0.29) is 22.9 Å². The van der Waals surface area contributed by atoms with Crippen molar-refractivity contribution in [2.75, 3.05) is 7.11 Å². The van der Waals surface area contributed by atoms with E-state index in [2.05, 4.69) is 118 Å². The van der Waals surface area contributed by atoms with Crippen molar-refractivity contribution in [2.24, 2.45) is 0 Å². The SMILES string of the molecule is CCCC[C@@]1(OC)C(c2ccccc2)=C([Si](C(C)C)(C(C)C)C(C)C)C(=O)[C@H]1[Si](C)(C)C.[C-]#[O+].[C-]#[O+].[C-]#[O+].[Cr]. The molecule has 0 spiro atoms. The van der Waals surface area contributed by atoms with Gasteiger partial charge in [0.25, 0.3) is 0 Å². The minimum Gasteiger partial charge on any atom is 0 e. The maximum Gasteiger partial charge on any atom is 0 e. The monoisotopic (exact) mass is 608 g/mol. The summed E-state index contributed by atoms with van der Waals surface area (Å²) in [5.74, 6) is 0.434. The molecule has 216 valence electrons. The van der Waals surface area contributed by atoms with Crippen LogP contribution in [-0.4, -0.2) is 34.6 Å². The molecule has 0 saturated heterocycles. The van der Waals surface area contributed by atoms with Crippen LogP contribution in [0, 0.1) is 20.0 Å². The van der Waals surface area contributed by atoms with Gasteiger partial charge in [0.15, 0.2) is 5.78 Å². The summed E-state index contributed by atoms with van der Waals surface area (Å²) >= 11 is 0. The summed E-state index contributed by atoms with van der Waals surface area (Å²) in [6.07, 6.45) is 3.11. The number of carbonyl (C=O) groups excluding carboxylic acids is 1. The first-order chi connectivity index (χ1) is 17.8. The predicted octanol–water partition coefficient (Wildman–Crippen LogP) is 8.41. The molecule has 1 aromatic rings. The average molecular weight is 609 g/mol. The predicted molar refractivity (Wildman–Crippen MR) is 158 cm³/mol. The van der Waals surface area contributed by atoms with Crippen LogP contribution in [0.5, 0.6) is 0 Å². The summed E-state index contributed by atoms with van der Waals surface area (Å²) in [5.41, 5.74) is 3.39. The van der Waals surface area contributed by atoms with Crippen LogP contribution in [0.15, 0.2) is 35.5 Å². The van der Waals surface area contributed by atoms with Crippen LogP contribution in [0.25, 0.3) is 5.57 Å². The molecule has 0 saturated carbocycles. The normalized spacial score (nSPS) is 18.8. The average Bonchev–Trinajstić information content (AvgIpc) is 3.15. The van der Waals surface area contributed by atoms with Gasteiger partial charge in [0, 0.05) is 30.0 Å². The molecule has 8 heteroatoms. The zero-order valence-electron chi connectivity index (χ0n) is 25.8. The summed E-state index contributed by atoms with van der Waals surface area (Å²) in [6, 6.07) is 10.8. The molecular weight excluding hydrogens is 561 g/mol. The van der Waals surface area contributed by atoms with Crippen LogP contribution in [0.3, 0.4) is 0 Å². The second kappa shape index (κ2) is 19.0.